The van der Waals surface area contributed by atoms with Crippen LogP contribution in [0.25, 0.3) is 0 Å². The zero-order valence-corrected chi connectivity index (χ0v) is 32.4. The van der Waals surface area contributed by atoms with Gasteiger partial charge in [0, 0.05) is 5.56 Å². The van der Waals surface area contributed by atoms with Crippen molar-refractivity contribution in [2.45, 2.75) is 67.7 Å². The van der Waals surface area contributed by atoms with Crippen molar-refractivity contribution < 1.29 is 66.5 Å². The molecule has 0 amide bonds. The van der Waals surface area contributed by atoms with Gasteiger partial charge in [0.2, 0.25) is 0 Å². The minimum absolute atomic E-state index is 0.105. The van der Waals surface area contributed by atoms with Crippen molar-refractivity contribution in [3.63, 3.8) is 0 Å². The van der Waals surface area contributed by atoms with E-state index in [9.17, 15) is 19.2 Å². The second-order valence-corrected chi connectivity index (χ2v) is 14.6. The second-order valence-electron chi connectivity index (χ2n) is 14.6. The number of carbonyl (C=O) groups is 4. The summed E-state index contributed by atoms with van der Waals surface area (Å²) in [5.41, 5.74) is 1.49. The molecule has 0 aromatic heterocycles. The smallest absolute Gasteiger partial charge is 0.338 e. The van der Waals surface area contributed by atoms with E-state index in [2.05, 4.69) is 0 Å². The van der Waals surface area contributed by atoms with Gasteiger partial charge in [-0.15, -0.1) is 0 Å². The molecule has 9 rings (SSSR count). The molecule has 5 aromatic carbocycles. The largest absolute Gasteiger partial charge is 0.459 e. The Bertz CT molecular complexity index is 2280. The molecule has 14 heteroatoms. The molecule has 61 heavy (non-hydrogen) atoms. The Balaban J connectivity index is 1.11. The van der Waals surface area contributed by atoms with Gasteiger partial charge in [-0.05, 0) is 48.5 Å². The van der Waals surface area contributed by atoms with E-state index in [-0.39, 0.29) is 28.9 Å². The van der Waals surface area contributed by atoms with E-state index in [0.29, 0.717) is 0 Å². The number of fused-ring (bicyclic) bond motifs is 4. The molecule has 312 valence electrons. The van der Waals surface area contributed by atoms with Gasteiger partial charge in [-0.2, -0.15) is 0 Å². The molecule has 0 radical (unpaired) electrons. The van der Waals surface area contributed by atoms with Crippen LogP contribution in [-0.2, 0) is 47.4 Å². The van der Waals surface area contributed by atoms with E-state index in [1.165, 1.54) is 0 Å². The van der Waals surface area contributed by atoms with Gasteiger partial charge in [0.15, 0.2) is 37.2 Å². The van der Waals surface area contributed by atoms with Gasteiger partial charge >= 0.3 is 23.9 Å². The van der Waals surface area contributed by atoms with Gasteiger partial charge in [0.05, 0.1) is 28.9 Å². The summed E-state index contributed by atoms with van der Waals surface area (Å²) in [7, 11) is 0. The van der Waals surface area contributed by atoms with Crippen LogP contribution in [0.5, 0.6) is 0 Å². The van der Waals surface area contributed by atoms with Gasteiger partial charge in [0.25, 0.3) is 0 Å². The summed E-state index contributed by atoms with van der Waals surface area (Å²) >= 11 is 0. The number of carbonyl (C=O) groups excluding carboxylic acids is 4. The molecule has 0 aliphatic carbocycles. The average molecular weight is 829 g/mol. The summed E-state index contributed by atoms with van der Waals surface area (Å²) < 4.78 is 62.8. The Kier molecular flexibility index (Phi) is 12.0. The fourth-order valence-corrected chi connectivity index (χ4v) is 7.68. The van der Waals surface area contributed by atoms with Crippen LogP contribution in [0.4, 0.5) is 0 Å². The van der Waals surface area contributed by atoms with Crippen molar-refractivity contribution in [1.29, 1.82) is 0 Å². The Hall–Kier alpha value is -6.26. The van der Waals surface area contributed by atoms with Crippen molar-refractivity contribution in [2.24, 2.45) is 0 Å². The summed E-state index contributed by atoms with van der Waals surface area (Å²) in [5, 5.41) is 0. The van der Waals surface area contributed by atoms with Crippen LogP contribution >= 0.6 is 0 Å². The third kappa shape index (κ3) is 8.82. The van der Waals surface area contributed by atoms with E-state index in [1.807, 2.05) is 30.3 Å². The first-order chi connectivity index (χ1) is 29.9. The quantitative estimate of drug-likeness (QED) is 0.109. The van der Waals surface area contributed by atoms with E-state index in [4.69, 9.17) is 47.4 Å². The summed E-state index contributed by atoms with van der Waals surface area (Å²) in [6.07, 6.45) is -12.5. The van der Waals surface area contributed by atoms with E-state index in [1.54, 1.807) is 121 Å². The highest BCUT2D eigenvalue weighted by molar-refractivity contribution is 5.91. The number of benzene rings is 5. The molecular weight excluding hydrogens is 789 g/mol. The molecule has 4 saturated heterocycles. The molecule has 4 heterocycles. The number of hydrogen-bond acceptors (Lipinski definition) is 14. The lowest BCUT2D eigenvalue weighted by Gasteiger charge is -2.46. The molecule has 14 nitrogen and oxygen atoms in total. The summed E-state index contributed by atoms with van der Waals surface area (Å²) in [5.74, 6) is -3.18. The highest BCUT2D eigenvalue weighted by Gasteiger charge is 2.61. The summed E-state index contributed by atoms with van der Waals surface area (Å²) in [4.78, 5) is 55.4. The predicted molar refractivity (Wildman–Crippen MR) is 211 cm³/mol. The first kappa shape index (κ1) is 40.2. The zero-order chi connectivity index (χ0) is 41.7. The second kappa shape index (κ2) is 18.2. The Labute approximate surface area is 350 Å². The van der Waals surface area contributed by atoms with Crippen molar-refractivity contribution in [1.82, 2.24) is 0 Å². The molecule has 4 fully saturated rings. The lowest BCUT2D eigenvalue weighted by Crippen LogP contribution is -2.65. The fourth-order valence-electron chi connectivity index (χ4n) is 7.68. The molecule has 2 bridgehead atoms. The van der Waals surface area contributed by atoms with Crippen molar-refractivity contribution in [3.05, 3.63) is 179 Å². The van der Waals surface area contributed by atoms with Crippen LogP contribution in [0, 0.1) is 0 Å². The van der Waals surface area contributed by atoms with E-state index in [0.717, 1.165) is 5.56 Å². The summed E-state index contributed by atoms with van der Waals surface area (Å²) in [6, 6.07) is 42.0. The molecule has 11 atom stereocenters. The number of ether oxygens (including phenoxy) is 10. The molecule has 4 aliphatic rings. The van der Waals surface area contributed by atoms with Crippen molar-refractivity contribution in [2.75, 3.05) is 13.2 Å². The minimum Gasteiger partial charge on any atom is -0.459 e. The van der Waals surface area contributed by atoms with Crippen LogP contribution in [-0.4, -0.2) is 98.5 Å². The number of rotatable bonds is 12. The predicted octanol–water partition coefficient (Wildman–Crippen LogP) is 5.87. The van der Waals surface area contributed by atoms with Crippen LogP contribution in [0.2, 0.25) is 0 Å². The first-order valence-electron chi connectivity index (χ1n) is 19.8. The molecular formula is C47H40O14. The lowest BCUT2D eigenvalue weighted by molar-refractivity contribution is -0.329. The Morgan fingerprint density at radius 1 is 0.475 bits per heavy atom. The monoisotopic (exact) mass is 828 g/mol. The Morgan fingerprint density at radius 2 is 0.934 bits per heavy atom. The maximum Gasteiger partial charge on any atom is 0.338 e. The number of esters is 4. The summed E-state index contributed by atoms with van der Waals surface area (Å²) in [6.45, 7) is -0.412. The molecule has 1 unspecified atom stereocenters. The SMILES string of the molecule is O=C(OC[C@H]1O[C@@H](O[C@H]2[C@@H]3OC(c4ccccc4)O[C@@H]3[C@@H]3OC[C@H]2O3)[C@H](OC(=O)c2ccccc2)[C@@H](OC(=O)c2ccccc2)[C@H]1OC(=O)c1ccccc1)c1ccccc1. The van der Waals surface area contributed by atoms with Crippen molar-refractivity contribution in [3.8, 4) is 0 Å². The molecule has 0 spiro atoms. The third-order valence-corrected chi connectivity index (χ3v) is 10.7. The van der Waals surface area contributed by atoms with Crippen LogP contribution < -0.4 is 0 Å². The maximum absolute atomic E-state index is 14.1. The van der Waals surface area contributed by atoms with Gasteiger partial charge in [-0.3, -0.25) is 0 Å². The van der Waals surface area contributed by atoms with Gasteiger partial charge in [0.1, 0.15) is 37.1 Å². The maximum atomic E-state index is 14.1. The standard InChI is InChI=1S/C47H40O14/c48-41(28-16-6-1-7-17-28)52-26-33-35(56-42(49)29-18-8-2-9-19-29)37(57-43(50)30-20-10-3-11-21-30)40(58-44(51)31-22-12-4-13-23-31)47(55-33)59-36-34-27-53-46(54-34)39-38(36)60-45(61-39)32-24-14-5-15-25-32/h1-25,33-40,45-47H,26-27H2/t33-,34-,35+,36-,37+,38+,39+,40-,45?,46-,47+/m1/s1. The fraction of sp³-hybridized carbons (Fsp3) is 0.277. The third-order valence-electron chi connectivity index (χ3n) is 10.7. The highest BCUT2D eigenvalue weighted by atomic mass is 16.8. The van der Waals surface area contributed by atoms with Crippen LogP contribution in [0.1, 0.15) is 53.3 Å². The van der Waals surface area contributed by atoms with Crippen molar-refractivity contribution >= 4 is 23.9 Å². The van der Waals surface area contributed by atoms with Gasteiger partial charge in [-0.25, -0.2) is 19.2 Å². The molecule has 0 N–H and O–H groups in total. The van der Waals surface area contributed by atoms with Crippen LogP contribution in [0.3, 0.4) is 0 Å². The topological polar surface area (TPSA) is 161 Å². The van der Waals surface area contributed by atoms with Gasteiger partial charge in [-0.1, -0.05) is 103 Å². The molecule has 0 saturated carbocycles. The van der Waals surface area contributed by atoms with E-state index < -0.39 is 98.2 Å². The number of hydrogen-bond donors (Lipinski definition) is 0. The lowest BCUT2D eigenvalue weighted by atomic mass is 9.96. The molecule has 5 aromatic rings. The normalized spacial score (nSPS) is 28.8. The Morgan fingerprint density at radius 3 is 1.48 bits per heavy atom. The average Bonchev–Trinajstić information content (AvgIpc) is 3.97. The highest BCUT2D eigenvalue weighted by Crippen LogP contribution is 2.44. The van der Waals surface area contributed by atoms with E-state index >= 15 is 0 Å². The molecule has 4 aliphatic heterocycles. The van der Waals surface area contributed by atoms with Crippen LogP contribution in [0.15, 0.2) is 152 Å². The zero-order valence-electron chi connectivity index (χ0n) is 32.4. The van der Waals surface area contributed by atoms with Gasteiger partial charge < -0.3 is 47.4 Å². The first-order valence-corrected chi connectivity index (χ1v) is 19.8. The minimum atomic E-state index is -1.61.